The Labute approximate surface area is 202 Å². The lowest BCUT2D eigenvalue weighted by Crippen LogP contribution is -2.64. The molecule has 1 unspecified atom stereocenters. The van der Waals surface area contributed by atoms with Crippen LogP contribution in [-0.2, 0) is 11.4 Å². The third-order valence-corrected chi connectivity index (χ3v) is 6.19. The second-order valence-electron chi connectivity index (χ2n) is 8.33. The average molecular weight is 506 g/mol. The maximum atomic E-state index is 13.5. The number of rotatable bonds is 7. The summed E-state index contributed by atoms with van der Waals surface area (Å²) in [5.41, 5.74) is -0.544. The van der Waals surface area contributed by atoms with Crippen molar-refractivity contribution in [3.63, 3.8) is 0 Å². The number of fused-ring (bicyclic) bond motifs is 1. The van der Waals surface area contributed by atoms with Gasteiger partial charge in [0.2, 0.25) is 11.8 Å². The van der Waals surface area contributed by atoms with E-state index in [0.29, 0.717) is 25.5 Å². The van der Waals surface area contributed by atoms with Gasteiger partial charge in [-0.05, 0) is 18.2 Å². The second kappa shape index (κ2) is 10.0. The molecule has 0 aliphatic carbocycles. The van der Waals surface area contributed by atoms with Gasteiger partial charge >= 0.3 is 0 Å². The number of ether oxygens (including phenoxy) is 1. The van der Waals surface area contributed by atoms with Crippen LogP contribution in [0.3, 0.4) is 0 Å². The van der Waals surface area contributed by atoms with E-state index in [1.54, 1.807) is 12.1 Å². The first kappa shape index (κ1) is 23.9. The summed E-state index contributed by atoms with van der Waals surface area (Å²) in [7, 11) is 0. The smallest absolute Gasteiger partial charge is 0.284 e. The van der Waals surface area contributed by atoms with Crippen LogP contribution in [0.2, 0.25) is 0 Å². The molecule has 0 bridgehead atoms. The molecule has 0 saturated carbocycles. The highest BCUT2D eigenvalue weighted by Gasteiger charge is 2.35. The van der Waals surface area contributed by atoms with Crippen LogP contribution < -0.4 is 15.0 Å². The molecule has 2 aromatic heterocycles. The van der Waals surface area contributed by atoms with Crippen LogP contribution >= 0.6 is 0 Å². The molecule has 190 valence electrons. The second-order valence-corrected chi connectivity index (χ2v) is 8.33. The van der Waals surface area contributed by atoms with Crippen molar-refractivity contribution in [1.29, 1.82) is 0 Å². The number of hydrogen-bond donors (Lipinski definition) is 1. The Balaban J connectivity index is 1.28. The summed E-state index contributed by atoms with van der Waals surface area (Å²) in [6.07, 6.45) is -5.57. The zero-order chi connectivity index (χ0) is 25.2. The van der Waals surface area contributed by atoms with E-state index in [4.69, 9.17) is 4.74 Å². The summed E-state index contributed by atoms with van der Waals surface area (Å²) in [6, 6.07) is 8.06. The zero-order valence-electron chi connectivity index (χ0n) is 18.9. The van der Waals surface area contributed by atoms with Crippen molar-refractivity contribution in [2.45, 2.75) is 25.5 Å². The lowest BCUT2D eigenvalue weighted by atomic mass is 10.1. The molecule has 36 heavy (non-hydrogen) atoms. The Hall–Kier alpha value is -3.81. The highest BCUT2D eigenvalue weighted by molar-refractivity contribution is 5.83. The molecule has 2 fully saturated rings. The summed E-state index contributed by atoms with van der Waals surface area (Å²) in [5.74, 6) is 0.649. The van der Waals surface area contributed by atoms with Crippen molar-refractivity contribution in [3.05, 3.63) is 53.3 Å². The van der Waals surface area contributed by atoms with E-state index in [1.165, 1.54) is 24.3 Å². The highest BCUT2D eigenvalue weighted by atomic mass is 19.3. The van der Waals surface area contributed by atoms with Crippen molar-refractivity contribution in [1.82, 2.24) is 35.4 Å². The standard InChI is InChI=1S/C22H22F4N8O2/c23-20(24)13-1-3-14(4-2-13)34-16(19(21(25)26)30-31-34)12-36-18-6-5-17(28-29-18)33-10-9-32-8-7-27-22(35)15(32)11-33/h1-6,15,20-21H,7-12H2,(H,27,35). The third-order valence-electron chi connectivity index (χ3n) is 6.19. The number of piperazine rings is 2. The van der Waals surface area contributed by atoms with E-state index in [0.717, 1.165) is 17.8 Å². The van der Waals surface area contributed by atoms with Gasteiger partial charge in [0.15, 0.2) is 11.5 Å². The van der Waals surface area contributed by atoms with Gasteiger partial charge in [0.05, 0.1) is 5.69 Å². The molecule has 10 nitrogen and oxygen atoms in total. The van der Waals surface area contributed by atoms with Gasteiger partial charge in [-0.3, -0.25) is 9.69 Å². The Morgan fingerprint density at radius 2 is 1.78 bits per heavy atom. The van der Waals surface area contributed by atoms with Gasteiger partial charge < -0.3 is 15.0 Å². The number of carbonyl (C=O) groups excluding carboxylic acids is 1. The molecule has 1 amide bonds. The Morgan fingerprint density at radius 3 is 2.47 bits per heavy atom. The summed E-state index contributed by atoms with van der Waals surface area (Å²) in [5, 5.41) is 18.4. The summed E-state index contributed by atoms with van der Waals surface area (Å²) in [4.78, 5) is 16.3. The predicted molar refractivity (Wildman–Crippen MR) is 118 cm³/mol. The monoisotopic (exact) mass is 506 g/mol. The van der Waals surface area contributed by atoms with Gasteiger partial charge in [-0.2, -0.15) is 0 Å². The summed E-state index contributed by atoms with van der Waals surface area (Å²) in [6.45, 7) is 3.00. The van der Waals surface area contributed by atoms with Crippen LogP contribution in [0.25, 0.3) is 5.69 Å². The van der Waals surface area contributed by atoms with Crippen LogP contribution in [0.15, 0.2) is 36.4 Å². The normalized spacial score (nSPS) is 18.4. The molecule has 0 radical (unpaired) electrons. The topological polar surface area (TPSA) is 101 Å². The lowest BCUT2D eigenvalue weighted by Gasteiger charge is -2.43. The minimum absolute atomic E-state index is 0.0113. The number of benzene rings is 1. The predicted octanol–water partition coefficient (Wildman–Crippen LogP) is 2.13. The molecule has 3 aromatic rings. The molecular weight excluding hydrogens is 484 g/mol. The number of alkyl halides is 4. The Bertz CT molecular complexity index is 1210. The molecule has 2 aliphatic heterocycles. The Kier molecular flexibility index (Phi) is 6.67. The maximum absolute atomic E-state index is 13.5. The van der Waals surface area contributed by atoms with Gasteiger partial charge in [0, 0.05) is 44.4 Å². The quantitative estimate of drug-likeness (QED) is 0.487. The van der Waals surface area contributed by atoms with Gasteiger partial charge in [0.25, 0.3) is 12.9 Å². The maximum Gasteiger partial charge on any atom is 0.284 e. The number of nitrogens with zero attached hydrogens (tertiary/aromatic N) is 7. The first-order valence-corrected chi connectivity index (χ1v) is 11.2. The van der Waals surface area contributed by atoms with E-state index in [9.17, 15) is 22.4 Å². The van der Waals surface area contributed by atoms with Crippen LogP contribution in [0.1, 0.15) is 29.8 Å². The van der Waals surface area contributed by atoms with Gasteiger partial charge in [-0.25, -0.2) is 22.2 Å². The van der Waals surface area contributed by atoms with E-state index in [-0.39, 0.29) is 41.4 Å². The summed E-state index contributed by atoms with van der Waals surface area (Å²) >= 11 is 0. The van der Waals surface area contributed by atoms with Crippen molar-refractivity contribution in [2.75, 3.05) is 37.6 Å². The number of anilines is 1. The number of nitrogens with one attached hydrogen (secondary N) is 1. The van der Waals surface area contributed by atoms with Crippen molar-refractivity contribution >= 4 is 11.7 Å². The molecule has 5 rings (SSSR count). The molecule has 2 aliphatic rings. The van der Waals surface area contributed by atoms with Crippen LogP contribution in [0.4, 0.5) is 23.4 Å². The molecule has 1 atom stereocenters. The molecule has 2 saturated heterocycles. The van der Waals surface area contributed by atoms with Crippen molar-refractivity contribution in [3.8, 4) is 11.6 Å². The minimum atomic E-state index is -2.91. The molecular formula is C22H22F4N8O2. The minimum Gasteiger partial charge on any atom is -0.470 e. The number of aromatic nitrogens is 5. The fourth-order valence-electron chi connectivity index (χ4n) is 4.27. The van der Waals surface area contributed by atoms with Gasteiger partial charge in [0.1, 0.15) is 18.3 Å². The largest absolute Gasteiger partial charge is 0.470 e. The number of halogens is 4. The molecule has 14 heteroatoms. The molecule has 1 aromatic carbocycles. The number of amides is 1. The van der Waals surface area contributed by atoms with Crippen molar-refractivity contribution in [2.24, 2.45) is 0 Å². The lowest BCUT2D eigenvalue weighted by molar-refractivity contribution is -0.129. The summed E-state index contributed by atoms with van der Waals surface area (Å²) < 4.78 is 59.4. The molecule has 4 heterocycles. The SMILES string of the molecule is O=C1NCCN2CCN(c3ccc(OCc4c(C(F)F)nnn4-c4ccc(C(F)F)cc4)nn3)CC12. The fraction of sp³-hybridized carbons (Fsp3) is 0.409. The van der Waals surface area contributed by atoms with Crippen LogP contribution in [0.5, 0.6) is 5.88 Å². The Morgan fingerprint density at radius 1 is 0.972 bits per heavy atom. The first-order chi connectivity index (χ1) is 17.4. The average Bonchev–Trinajstić information content (AvgIpc) is 3.32. The van der Waals surface area contributed by atoms with Gasteiger partial charge in [-0.1, -0.05) is 17.3 Å². The first-order valence-electron chi connectivity index (χ1n) is 11.2. The molecule has 1 N–H and O–H groups in total. The van der Waals surface area contributed by atoms with Crippen LogP contribution in [-0.4, -0.2) is 74.8 Å². The van der Waals surface area contributed by atoms with E-state index in [1.807, 2.05) is 4.90 Å². The van der Waals surface area contributed by atoms with Crippen molar-refractivity contribution < 1.29 is 27.1 Å². The van der Waals surface area contributed by atoms with E-state index < -0.39 is 18.5 Å². The number of carbonyl (C=O) groups is 1. The van der Waals surface area contributed by atoms with Crippen LogP contribution in [0, 0.1) is 0 Å². The fourth-order valence-corrected chi connectivity index (χ4v) is 4.27. The van der Waals surface area contributed by atoms with Gasteiger partial charge in [-0.15, -0.1) is 15.3 Å². The van der Waals surface area contributed by atoms with E-state index >= 15 is 0 Å². The molecule has 0 spiro atoms. The zero-order valence-corrected chi connectivity index (χ0v) is 18.9. The van der Waals surface area contributed by atoms with E-state index in [2.05, 4.69) is 30.7 Å². The highest BCUT2D eigenvalue weighted by Crippen LogP contribution is 2.26. The third kappa shape index (κ3) is 4.80. The number of hydrogen-bond acceptors (Lipinski definition) is 8.